The Balaban J connectivity index is 2.62. The average molecular weight is 318 g/mol. The van der Waals surface area contributed by atoms with E-state index in [1.54, 1.807) is 0 Å². The molecule has 1 unspecified atom stereocenters. The highest BCUT2D eigenvalue weighted by Gasteiger charge is 2.09. The van der Waals surface area contributed by atoms with Crippen molar-refractivity contribution in [3.05, 3.63) is 45.4 Å². The van der Waals surface area contributed by atoms with Gasteiger partial charge in [-0.3, -0.25) is 0 Å². The topological polar surface area (TPSA) is 38.0 Å². The van der Waals surface area contributed by atoms with Crippen LogP contribution in [-0.2, 0) is 0 Å². The van der Waals surface area contributed by atoms with Gasteiger partial charge < -0.3 is 11.1 Å². The molecule has 0 amide bonds. The average Bonchev–Trinajstić information content (AvgIpc) is 2.33. The minimum absolute atomic E-state index is 0.175. The van der Waals surface area contributed by atoms with Gasteiger partial charge in [0.05, 0.1) is 5.02 Å². The zero-order valence-corrected chi connectivity index (χ0v) is 12.3. The van der Waals surface area contributed by atoms with Gasteiger partial charge in [-0.05, 0) is 53.5 Å². The van der Waals surface area contributed by atoms with Gasteiger partial charge in [-0.2, -0.15) is 0 Å². The van der Waals surface area contributed by atoms with Crippen LogP contribution >= 0.6 is 27.5 Å². The summed E-state index contributed by atoms with van der Waals surface area (Å²) in [4.78, 5) is 0. The molecule has 1 rings (SSSR count). The number of benzene rings is 1. The van der Waals surface area contributed by atoms with Gasteiger partial charge in [-0.1, -0.05) is 29.8 Å². The Kier molecular flexibility index (Phi) is 6.82. The van der Waals surface area contributed by atoms with E-state index in [2.05, 4.69) is 33.4 Å². The third-order valence-corrected chi connectivity index (χ3v) is 3.73. The fraction of sp³-hybridized carbons (Fsp3) is 0.385. The Bertz CT molecular complexity index is 380. The minimum atomic E-state index is 0.175. The molecule has 0 aromatic heterocycles. The van der Waals surface area contributed by atoms with Gasteiger partial charge in [0, 0.05) is 17.1 Å². The minimum Gasteiger partial charge on any atom is -0.329 e. The number of allylic oxidation sites excluding steroid dienone is 1. The monoisotopic (exact) mass is 316 g/mol. The van der Waals surface area contributed by atoms with E-state index < -0.39 is 0 Å². The first-order valence-corrected chi connectivity index (χ1v) is 6.85. The molecular weight excluding hydrogens is 300 g/mol. The van der Waals surface area contributed by atoms with E-state index in [1.165, 1.54) is 0 Å². The Hall–Kier alpha value is -0.350. The van der Waals surface area contributed by atoms with Gasteiger partial charge in [0.15, 0.2) is 0 Å². The number of nitrogens with one attached hydrogen (secondary N) is 1. The van der Waals surface area contributed by atoms with Crippen LogP contribution in [0.4, 0.5) is 0 Å². The molecule has 0 saturated heterocycles. The van der Waals surface area contributed by atoms with Crippen LogP contribution in [0.15, 0.2) is 34.8 Å². The molecule has 0 aliphatic carbocycles. The third kappa shape index (κ3) is 4.80. The largest absolute Gasteiger partial charge is 0.329 e. The van der Waals surface area contributed by atoms with Gasteiger partial charge in [0.1, 0.15) is 0 Å². The second kappa shape index (κ2) is 7.88. The summed E-state index contributed by atoms with van der Waals surface area (Å²) in [6.45, 7) is 3.52. The molecule has 0 aliphatic heterocycles. The lowest BCUT2D eigenvalue weighted by Gasteiger charge is -2.17. The molecule has 1 aromatic rings. The van der Waals surface area contributed by atoms with Crippen molar-refractivity contribution in [1.29, 1.82) is 0 Å². The third-order valence-electron chi connectivity index (χ3n) is 2.52. The molecule has 0 aliphatic rings. The van der Waals surface area contributed by atoms with E-state index in [1.807, 2.05) is 25.1 Å². The Morgan fingerprint density at radius 2 is 2.29 bits per heavy atom. The SMILES string of the molecule is C/C=C/CCNC(CN)c1ccc(Cl)c(Br)c1. The summed E-state index contributed by atoms with van der Waals surface area (Å²) >= 11 is 9.39. The molecule has 94 valence electrons. The van der Waals surface area contributed by atoms with Gasteiger partial charge >= 0.3 is 0 Å². The van der Waals surface area contributed by atoms with E-state index in [0.717, 1.165) is 28.0 Å². The quantitative estimate of drug-likeness (QED) is 0.621. The highest BCUT2D eigenvalue weighted by atomic mass is 79.9. The highest BCUT2D eigenvalue weighted by Crippen LogP contribution is 2.25. The van der Waals surface area contributed by atoms with Crippen LogP contribution in [0.3, 0.4) is 0 Å². The molecule has 0 spiro atoms. The lowest BCUT2D eigenvalue weighted by molar-refractivity contribution is 0.548. The molecule has 0 bridgehead atoms. The zero-order chi connectivity index (χ0) is 12.7. The Morgan fingerprint density at radius 3 is 2.88 bits per heavy atom. The number of hydrogen-bond donors (Lipinski definition) is 2. The smallest absolute Gasteiger partial charge is 0.0548 e. The fourth-order valence-electron chi connectivity index (χ4n) is 1.57. The number of nitrogens with two attached hydrogens (primary N) is 1. The summed E-state index contributed by atoms with van der Waals surface area (Å²) in [6.07, 6.45) is 5.21. The summed E-state index contributed by atoms with van der Waals surface area (Å²) < 4.78 is 0.908. The molecule has 2 nitrogen and oxygen atoms in total. The van der Waals surface area contributed by atoms with Crippen molar-refractivity contribution in [2.24, 2.45) is 5.73 Å². The van der Waals surface area contributed by atoms with Crippen LogP contribution in [0.25, 0.3) is 0 Å². The van der Waals surface area contributed by atoms with Crippen molar-refractivity contribution in [3.63, 3.8) is 0 Å². The second-order valence-corrected chi connectivity index (χ2v) is 5.04. The Morgan fingerprint density at radius 1 is 1.53 bits per heavy atom. The molecule has 17 heavy (non-hydrogen) atoms. The van der Waals surface area contributed by atoms with Crippen molar-refractivity contribution in [2.45, 2.75) is 19.4 Å². The van der Waals surface area contributed by atoms with Crippen molar-refractivity contribution >= 4 is 27.5 Å². The lowest BCUT2D eigenvalue weighted by Crippen LogP contribution is -2.28. The van der Waals surface area contributed by atoms with Crippen LogP contribution in [-0.4, -0.2) is 13.1 Å². The van der Waals surface area contributed by atoms with Crippen LogP contribution in [0.2, 0.25) is 5.02 Å². The number of hydrogen-bond acceptors (Lipinski definition) is 2. The van der Waals surface area contributed by atoms with E-state index in [-0.39, 0.29) is 6.04 Å². The molecule has 0 heterocycles. The molecule has 3 N–H and O–H groups in total. The second-order valence-electron chi connectivity index (χ2n) is 3.77. The first kappa shape index (κ1) is 14.7. The van der Waals surface area contributed by atoms with E-state index >= 15 is 0 Å². The molecule has 1 atom stereocenters. The van der Waals surface area contributed by atoms with Crippen molar-refractivity contribution in [1.82, 2.24) is 5.32 Å². The van der Waals surface area contributed by atoms with Crippen LogP contribution in [0.5, 0.6) is 0 Å². The van der Waals surface area contributed by atoms with Gasteiger partial charge in [0.25, 0.3) is 0 Å². The van der Waals surface area contributed by atoms with E-state index in [4.69, 9.17) is 17.3 Å². The first-order valence-electron chi connectivity index (χ1n) is 5.68. The lowest BCUT2D eigenvalue weighted by atomic mass is 10.1. The predicted octanol–water partition coefficient (Wildman–Crippen LogP) is 3.66. The maximum Gasteiger partial charge on any atom is 0.0548 e. The normalized spacial score (nSPS) is 13.2. The van der Waals surface area contributed by atoms with E-state index in [9.17, 15) is 0 Å². The fourth-order valence-corrected chi connectivity index (χ4v) is 2.09. The predicted molar refractivity (Wildman–Crippen MR) is 78.4 cm³/mol. The van der Waals surface area contributed by atoms with Gasteiger partial charge in [-0.15, -0.1) is 0 Å². The number of rotatable bonds is 6. The Labute approximate surface area is 116 Å². The van der Waals surface area contributed by atoms with Crippen LogP contribution in [0, 0.1) is 0 Å². The molecular formula is C13H18BrClN2. The van der Waals surface area contributed by atoms with Crippen LogP contribution in [0.1, 0.15) is 24.9 Å². The molecule has 0 saturated carbocycles. The summed E-state index contributed by atoms with van der Waals surface area (Å²) in [6, 6.07) is 6.08. The summed E-state index contributed by atoms with van der Waals surface area (Å²) in [5.74, 6) is 0. The van der Waals surface area contributed by atoms with Gasteiger partial charge in [0.2, 0.25) is 0 Å². The molecule has 4 heteroatoms. The van der Waals surface area contributed by atoms with Crippen molar-refractivity contribution in [2.75, 3.05) is 13.1 Å². The maximum atomic E-state index is 5.97. The van der Waals surface area contributed by atoms with E-state index in [0.29, 0.717) is 6.54 Å². The summed E-state index contributed by atoms with van der Waals surface area (Å²) in [7, 11) is 0. The first-order chi connectivity index (χ1) is 8.19. The van der Waals surface area contributed by atoms with Crippen LogP contribution < -0.4 is 11.1 Å². The van der Waals surface area contributed by atoms with Crippen molar-refractivity contribution in [3.8, 4) is 0 Å². The summed E-state index contributed by atoms with van der Waals surface area (Å²) in [5, 5.41) is 4.15. The van der Waals surface area contributed by atoms with Crippen molar-refractivity contribution < 1.29 is 0 Å². The highest BCUT2D eigenvalue weighted by molar-refractivity contribution is 9.10. The molecule has 0 fully saturated rings. The number of halogens is 2. The molecule has 0 radical (unpaired) electrons. The molecule has 1 aromatic carbocycles. The standard InChI is InChI=1S/C13H18BrClN2/c1-2-3-4-7-17-13(9-16)10-5-6-12(15)11(14)8-10/h2-3,5-6,8,13,17H,4,7,9,16H2,1H3/b3-2+. The van der Waals surface area contributed by atoms with Gasteiger partial charge in [-0.25, -0.2) is 0 Å². The zero-order valence-electron chi connectivity index (χ0n) is 9.92. The maximum absolute atomic E-state index is 5.97. The summed E-state index contributed by atoms with van der Waals surface area (Å²) in [5.41, 5.74) is 6.94.